The lowest BCUT2D eigenvalue weighted by atomic mass is 9.90. The summed E-state index contributed by atoms with van der Waals surface area (Å²) in [6.45, 7) is 4.78. The van der Waals surface area contributed by atoms with Crippen LogP contribution in [0.3, 0.4) is 0 Å². The first kappa shape index (κ1) is 17.8. The van der Waals surface area contributed by atoms with Gasteiger partial charge in [0, 0.05) is 42.7 Å². The summed E-state index contributed by atoms with van der Waals surface area (Å²) in [5.74, 6) is 2.11. The van der Waals surface area contributed by atoms with E-state index in [1.165, 1.54) is 98.0 Å². The third-order valence-corrected chi connectivity index (χ3v) is 7.35. The molecule has 2 aromatic carbocycles. The normalized spacial score (nSPS) is 20.3. The number of aryl methyl sites for hydroxylation is 2. The average molecular weight is 408 g/mol. The van der Waals surface area contributed by atoms with Gasteiger partial charge in [0.2, 0.25) is 5.36 Å². The fourth-order valence-electron chi connectivity index (χ4n) is 6.25. The topological polar surface area (TPSA) is 27.8 Å². The highest BCUT2D eigenvalue weighted by atomic mass is 35.5. The molecule has 0 bridgehead atoms. The zero-order valence-electron chi connectivity index (χ0n) is 16.8. The molecule has 0 atom stereocenters. The maximum Gasteiger partial charge on any atom is 0.210 e. The van der Waals surface area contributed by atoms with Gasteiger partial charge >= 0.3 is 0 Å². The van der Waals surface area contributed by atoms with Crippen molar-refractivity contribution < 1.29 is 17.1 Å². The number of hydrogen-bond acceptors (Lipinski definition) is 3. The predicted molar refractivity (Wildman–Crippen MR) is 110 cm³/mol. The molecule has 0 spiro atoms. The fourth-order valence-corrected chi connectivity index (χ4v) is 6.25. The summed E-state index contributed by atoms with van der Waals surface area (Å²) in [5.41, 5.74) is 8.36. The highest BCUT2D eigenvalue weighted by Crippen LogP contribution is 2.48. The predicted octanol–water partition coefficient (Wildman–Crippen LogP) is -0.170. The Morgan fingerprint density at radius 2 is 1.59 bits per heavy atom. The first-order valence-corrected chi connectivity index (χ1v) is 11.1. The molecule has 4 nitrogen and oxygen atoms in total. The summed E-state index contributed by atoms with van der Waals surface area (Å²) in [7, 11) is 0. The van der Waals surface area contributed by atoms with Crippen LogP contribution in [0.25, 0.3) is 0 Å². The molecule has 0 amide bonds. The Bertz CT molecular complexity index is 1160. The number of nitrogens with zero attached hydrogens (tertiary/aromatic N) is 3. The summed E-state index contributed by atoms with van der Waals surface area (Å²) in [4.78, 5) is 7.77. The van der Waals surface area contributed by atoms with Crippen molar-refractivity contribution in [3.63, 3.8) is 0 Å². The second-order valence-corrected chi connectivity index (χ2v) is 9.02. The highest BCUT2D eigenvalue weighted by molar-refractivity contribution is 5.76. The Balaban J connectivity index is 0.00000165. The van der Waals surface area contributed by atoms with Gasteiger partial charge in [-0.1, -0.05) is 0 Å². The minimum absolute atomic E-state index is 0. The number of ether oxygens (including phenoxy) is 1. The molecular formula is C24H26ClN3O. The van der Waals surface area contributed by atoms with E-state index in [2.05, 4.69) is 21.6 Å². The van der Waals surface area contributed by atoms with Crippen molar-refractivity contribution >= 4 is 11.4 Å². The monoisotopic (exact) mass is 407 g/mol. The van der Waals surface area contributed by atoms with E-state index in [-0.39, 0.29) is 12.4 Å². The number of halogens is 1. The van der Waals surface area contributed by atoms with Gasteiger partial charge in [0.05, 0.1) is 5.56 Å². The first-order valence-electron chi connectivity index (χ1n) is 11.1. The van der Waals surface area contributed by atoms with Crippen LogP contribution in [0, 0.1) is 0 Å². The summed E-state index contributed by atoms with van der Waals surface area (Å²) < 4.78 is 9.36. The van der Waals surface area contributed by atoms with Crippen LogP contribution in [0.1, 0.15) is 47.9 Å². The average Bonchev–Trinajstić information content (AvgIpc) is 2.74. The molecule has 5 aliphatic rings. The van der Waals surface area contributed by atoms with E-state index in [0.29, 0.717) is 0 Å². The molecule has 0 aliphatic carbocycles. The van der Waals surface area contributed by atoms with Crippen LogP contribution >= 0.6 is 0 Å². The molecule has 0 unspecified atom stereocenters. The quantitative estimate of drug-likeness (QED) is 0.484. The summed E-state index contributed by atoms with van der Waals surface area (Å²) in [5, 5.41) is 2.55. The number of rotatable bonds is 0. The molecule has 29 heavy (non-hydrogen) atoms. The molecule has 0 saturated heterocycles. The maximum atomic E-state index is 6.77. The van der Waals surface area contributed by atoms with Gasteiger partial charge in [-0.25, -0.2) is 9.57 Å². The van der Waals surface area contributed by atoms with E-state index < -0.39 is 0 Å². The van der Waals surface area contributed by atoms with Gasteiger partial charge in [-0.15, -0.1) is 0 Å². The van der Waals surface area contributed by atoms with Gasteiger partial charge in [0.25, 0.3) is 0 Å². The van der Waals surface area contributed by atoms with Crippen molar-refractivity contribution in [1.82, 2.24) is 4.58 Å². The van der Waals surface area contributed by atoms with Gasteiger partial charge in [0.1, 0.15) is 24.1 Å². The van der Waals surface area contributed by atoms with Gasteiger partial charge in [-0.05, 0) is 56.2 Å². The second-order valence-electron chi connectivity index (χ2n) is 9.02. The van der Waals surface area contributed by atoms with Crippen LogP contribution in [0.5, 0.6) is 11.5 Å². The van der Waals surface area contributed by atoms with Crippen LogP contribution in [-0.4, -0.2) is 26.2 Å². The van der Waals surface area contributed by atoms with Crippen molar-refractivity contribution in [3.05, 3.63) is 45.1 Å². The minimum atomic E-state index is 0. The van der Waals surface area contributed by atoms with Crippen molar-refractivity contribution in [2.45, 2.75) is 51.4 Å². The summed E-state index contributed by atoms with van der Waals surface area (Å²) in [6, 6.07) is 4.65. The minimum Gasteiger partial charge on any atom is -1.00 e. The van der Waals surface area contributed by atoms with E-state index in [1.807, 2.05) is 0 Å². The number of anilines is 1. The molecule has 7 rings (SSSR count). The van der Waals surface area contributed by atoms with E-state index in [1.54, 1.807) is 0 Å². The lowest BCUT2D eigenvalue weighted by molar-refractivity contribution is -0.00000595. The Morgan fingerprint density at radius 1 is 0.828 bits per heavy atom. The Morgan fingerprint density at radius 3 is 2.48 bits per heavy atom. The smallest absolute Gasteiger partial charge is 0.210 e. The highest BCUT2D eigenvalue weighted by Gasteiger charge is 2.33. The largest absolute Gasteiger partial charge is 1.00 e. The van der Waals surface area contributed by atoms with Crippen LogP contribution < -0.4 is 37.3 Å². The third kappa shape index (κ3) is 2.44. The molecule has 0 radical (unpaired) electrons. The molecule has 2 aromatic rings. The van der Waals surface area contributed by atoms with Gasteiger partial charge in [0.15, 0.2) is 11.5 Å². The SMILES string of the molecule is [Cl-].c1c2c3c(c4c1N=c1cc5c6c(c1O4)CCC[N+]=6CCC5)CCCN3CCC2. The molecular weight excluding hydrogens is 382 g/mol. The van der Waals surface area contributed by atoms with E-state index in [0.717, 1.165) is 35.4 Å². The van der Waals surface area contributed by atoms with Crippen molar-refractivity contribution in [3.8, 4) is 11.5 Å². The molecule has 0 aromatic heterocycles. The first-order chi connectivity index (χ1) is 13.9. The van der Waals surface area contributed by atoms with Gasteiger partial charge in [-0.2, -0.15) is 0 Å². The summed E-state index contributed by atoms with van der Waals surface area (Å²) >= 11 is 0. The van der Waals surface area contributed by atoms with Crippen molar-refractivity contribution in [2.24, 2.45) is 4.99 Å². The Labute approximate surface area is 177 Å². The maximum absolute atomic E-state index is 6.77. The van der Waals surface area contributed by atoms with Crippen LogP contribution in [0.2, 0.25) is 0 Å². The molecule has 150 valence electrons. The third-order valence-electron chi connectivity index (χ3n) is 7.35. The fraction of sp³-hybridized carbons (Fsp3) is 0.500. The zero-order chi connectivity index (χ0) is 18.2. The summed E-state index contributed by atoms with van der Waals surface area (Å²) in [6.07, 6.45) is 9.58. The van der Waals surface area contributed by atoms with E-state index >= 15 is 0 Å². The number of hydrogen-bond donors (Lipinski definition) is 0. The van der Waals surface area contributed by atoms with Crippen molar-refractivity contribution in [2.75, 3.05) is 31.1 Å². The molecule has 5 heteroatoms. The Kier molecular flexibility index (Phi) is 3.96. The van der Waals surface area contributed by atoms with Crippen LogP contribution in [-0.2, 0) is 25.7 Å². The molecule has 5 aliphatic heterocycles. The molecule has 0 saturated carbocycles. The molecule has 0 fully saturated rings. The lowest BCUT2D eigenvalue weighted by Crippen LogP contribution is -3.00. The lowest BCUT2D eigenvalue weighted by Gasteiger charge is -2.38. The molecule has 5 heterocycles. The van der Waals surface area contributed by atoms with E-state index in [9.17, 15) is 0 Å². The number of benzene rings is 2. The standard InChI is InChI=1S/C24H26N3O.ClH/c1-5-15-13-19-23(17-7-3-11-26(9-1)21(15)17)28-24-18-8-4-12-27-10-2-6-16(22(18)27)14-20(24)25-19;/h13-14H,1-12H2;1H/q+1;/p-1. The zero-order valence-corrected chi connectivity index (χ0v) is 17.5. The van der Waals surface area contributed by atoms with Crippen molar-refractivity contribution in [1.29, 1.82) is 0 Å². The van der Waals surface area contributed by atoms with Gasteiger partial charge < -0.3 is 22.0 Å². The van der Waals surface area contributed by atoms with Gasteiger partial charge in [-0.3, -0.25) is 0 Å². The van der Waals surface area contributed by atoms with Crippen LogP contribution in [0.15, 0.2) is 17.1 Å². The Hall–Kier alpha value is -2.07. The second kappa shape index (κ2) is 6.46. The molecule has 0 N–H and O–H groups in total. The van der Waals surface area contributed by atoms with Crippen LogP contribution in [0.4, 0.5) is 11.4 Å². The number of fused-ring (bicyclic) bond motifs is 4. The van der Waals surface area contributed by atoms with E-state index in [4.69, 9.17) is 9.73 Å².